The molecule has 2 atom stereocenters. The van der Waals surface area contributed by atoms with Crippen molar-refractivity contribution < 1.29 is 29.0 Å². The van der Waals surface area contributed by atoms with Gasteiger partial charge in [0.25, 0.3) is 0 Å². The summed E-state index contributed by atoms with van der Waals surface area (Å²) in [5.74, 6) is -3.48. The largest absolute Gasteiger partial charge is 0.460 e. The van der Waals surface area contributed by atoms with Crippen LogP contribution < -0.4 is 10.9 Å². The number of benzene rings is 1. The second-order valence-corrected chi connectivity index (χ2v) is 5.07. The molecule has 0 spiro atoms. The molecule has 1 aromatic rings. The maximum absolute atomic E-state index is 11.6. The van der Waals surface area contributed by atoms with E-state index in [4.69, 9.17) is 23.2 Å². The topological polar surface area (TPSA) is 114 Å². The summed E-state index contributed by atoms with van der Waals surface area (Å²) in [5.41, 5.74) is 4.68. The van der Waals surface area contributed by atoms with E-state index in [1.807, 2.05) is 5.43 Å². The van der Waals surface area contributed by atoms with Crippen molar-refractivity contribution in [3.8, 4) is 0 Å². The standard InChI is InChI=1S/C12H10Cl2N2O6/c13-5-1-2-6(14)7(3-5)15-16-10(18)12(20)22-9-8(17)4-21-11(9)19/h1-3,8-9,15,17H,4H2,(H,16,18)/t8-,9+/m0/s1. The predicted octanol–water partition coefficient (Wildman–Crippen LogP) is 0.266. The summed E-state index contributed by atoms with van der Waals surface area (Å²) in [5, 5.41) is 9.98. The Morgan fingerprint density at radius 3 is 2.73 bits per heavy atom. The van der Waals surface area contributed by atoms with E-state index in [1.54, 1.807) is 0 Å². The molecule has 1 fully saturated rings. The first kappa shape index (κ1) is 16.3. The van der Waals surface area contributed by atoms with Crippen LogP contribution >= 0.6 is 23.2 Å². The molecular formula is C12H10Cl2N2O6. The maximum Gasteiger partial charge on any atom is 0.399 e. The van der Waals surface area contributed by atoms with Crippen molar-refractivity contribution in [2.75, 3.05) is 12.0 Å². The van der Waals surface area contributed by atoms with E-state index in [0.29, 0.717) is 5.02 Å². The molecule has 1 aliphatic heterocycles. The van der Waals surface area contributed by atoms with Crippen LogP contribution in [0.4, 0.5) is 5.69 Å². The number of ether oxygens (including phenoxy) is 2. The first-order valence-electron chi connectivity index (χ1n) is 5.95. The SMILES string of the molecule is O=C(NNc1cc(Cl)ccc1Cl)C(=O)O[C@H]1C(=O)OC[C@@H]1O. The van der Waals surface area contributed by atoms with Gasteiger partial charge in [-0.3, -0.25) is 15.6 Å². The molecule has 1 heterocycles. The Morgan fingerprint density at radius 1 is 1.36 bits per heavy atom. The monoisotopic (exact) mass is 348 g/mol. The van der Waals surface area contributed by atoms with Gasteiger partial charge >= 0.3 is 17.8 Å². The van der Waals surface area contributed by atoms with Crippen molar-refractivity contribution in [3.63, 3.8) is 0 Å². The zero-order valence-electron chi connectivity index (χ0n) is 10.8. The van der Waals surface area contributed by atoms with E-state index in [2.05, 4.69) is 14.9 Å². The first-order valence-corrected chi connectivity index (χ1v) is 6.71. The molecule has 0 unspecified atom stereocenters. The Kier molecular flexibility index (Phi) is 5.07. The number of rotatable bonds is 3. The summed E-state index contributed by atoms with van der Waals surface area (Å²) < 4.78 is 9.04. The number of aliphatic hydroxyl groups is 1. The minimum atomic E-state index is -1.52. The van der Waals surface area contributed by atoms with E-state index in [9.17, 15) is 19.5 Å². The number of halogens is 2. The van der Waals surface area contributed by atoms with Gasteiger partial charge in [0.15, 0.2) is 0 Å². The number of hydrazine groups is 1. The van der Waals surface area contributed by atoms with Gasteiger partial charge in [-0.15, -0.1) is 0 Å². The zero-order chi connectivity index (χ0) is 16.3. The second kappa shape index (κ2) is 6.82. The Hall–Kier alpha value is -2.03. The van der Waals surface area contributed by atoms with Crippen LogP contribution in [0.3, 0.4) is 0 Å². The average molecular weight is 349 g/mol. The number of esters is 2. The molecule has 8 nitrogen and oxygen atoms in total. The Balaban J connectivity index is 1.90. The lowest BCUT2D eigenvalue weighted by molar-refractivity contribution is -0.167. The fourth-order valence-corrected chi connectivity index (χ4v) is 1.89. The number of carbonyl (C=O) groups excluding carboxylic acids is 3. The Morgan fingerprint density at radius 2 is 2.09 bits per heavy atom. The molecule has 22 heavy (non-hydrogen) atoms. The summed E-state index contributed by atoms with van der Waals surface area (Å²) in [6, 6.07) is 4.45. The number of hydrogen-bond donors (Lipinski definition) is 3. The van der Waals surface area contributed by atoms with Gasteiger partial charge in [0, 0.05) is 5.02 Å². The van der Waals surface area contributed by atoms with E-state index in [1.165, 1.54) is 18.2 Å². The van der Waals surface area contributed by atoms with E-state index >= 15 is 0 Å². The lowest BCUT2D eigenvalue weighted by Crippen LogP contribution is -2.41. The van der Waals surface area contributed by atoms with Crippen LogP contribution in [-0.4, -0.2) is 41.8 Å². The number of hydrogen-bond acceptors (Lipinski definition) is 7. The lowest BCUT2D eigenvalue weighted by Gasteiger charge is -2.12. The molecule has 0 saturated carbocycles. The minimum Gasteiger partial charge on any atom is -0.460 e. The number of aliphatic hydroxyl groups excluding tert-OH is 1. The number of nitrogens with one attached hydrogen (secondary N) is 2. The molecule has 1 aromatic carbocycles. The van der Waals surface area contributed by atoms with Gasteiger partial charge < -0.3 is 14.6 Å². The minimum absolute atomic E-state index is 0.257. The van der Waals surface area contributed by atoms with Gasteiger partial charge in [0.05, 0.1) is 10.7 Å². The molecule has 10 heteroatoms. The number of carbonyl (C=O) groups is 3. The maximum atomic E-state index is 11.6. The third-order valence-corrected chi connectivity index (χ3v) is 3.20. The number of cyclic esters (lactones) is 1. The van der Waals surface area contributed by atoms with Crippen molar-refractivity contribution in [1.29, 1.82) is 0 Å². The van der Waals surface area contributed by atoms with Crippen molar-refractivity contribution >= 4 is 46.7 Å². The smallest absolute Gasteiger partial charge is 0.399 e. The molecule has 0 radical (unpaired) electrons. The van der Waals surface area contributed by atoms with E-state index in [0.717, 1.165) is 0 Å². The lowest BCUT2D eigenvalue weighted by atomic mass is 10.2. The van der Waals surface area contributed by atoms with Crippen molar-refractivity contribution in [2.24, 2.45) is 0 Å². The third kappa shape index (κ3) is 3.79. The van der Waals surface area contributed by atoms with E-state index in [-0.39, 0.29) is 17.3 Å². The van der Waals surface area contributed by atoms with Crippen molar-refractivity contribution in [2.45, 2.75) is 12.2 Å². The molecule has 118 valence electrons. The average Bonchev–Trinajstić information content (AvgIpc) is 2.79. The summed E-state index contributed by atoms with van der Waals surface area (Å²) in [4.78, 5) is 34.2. The third-order valence-electron chi connectivity index (χ3n) is 2.64. The van der Waals surface area contributed by atoms with Crippen LogP contribution in [0.5, 0.6) is 0 Å². The van der Waals surface area contributed by atoms with Crippen LogP contribution in [0, 0.1) is 0 Å². The van der Waals surface area contributed by atoms with Crippen molar-refractivity contribution in [3.05, 3.63) is 28.2 Å². The summed E-state index contributed by atoms with van der Waals surface area (Å²) >= 11 is 11.6. The van der Waals surface area contributed by atoms with Crippen LogP contribution in [0.2, 0.25) is 10.0 Å². The molecule has 1 aliphatic rings. The van der Waals surface area contributed by atoms with Gasteiger partial charge in [-0.2, -0.15) is 0 Å². The summed E-state index contributed by atoms with van der Waals surface area (Å²) in [7, 11) is 0. The van der Waals surface area contributed by atoms with E-state index < -0.39 is 30.1 Å². The van der Waals surface area contributed by atoms with Gasteiger partial charge in [-0.25, -0.2) is 9.59 Å². The molecule has 0 aromatic heterocycles. The molecule has 0 aliphatic carbocycles. The summed E-state index contributed by atoms with van der Waals surface area (Å²) in [6.45, 7) is -0.297. The highest BCUT2D eigenvalue weighted by Crippen LogP contribution is 2.24. The van der Waals surface area contributed by atoms with Gasteiger partial charge in [-0.1, -0.05) is 23.2 Å². The van der Waals surface area contributed by atoms with Gasteiger partial charge in [-0.05, 0) is 18.2 Å². The highest BCUT2D eigenvalue weighted by molar-refractivity contribution is 6.36. The first-order chi connectivity index (χ1) is 10.4. The van der Waals surface area contributed by atoms with Crippen LogP contribution in [-0.2, 0) is 23.9 Å². The van der Waals surface area contributed by atoms with Crippen LogP contribution in [0.1, 0.15) is 0 Å². The van der Waals surface area contributed by atoms with Gasteiger partial charge in [0.2, 0.25) is 6.10 Å². The molecule has 1 saturated heterocycles. The summed E-state index contributed by atoms with van der Waals surface area (Å²) in [6.07, 6.45) is -2.83. The number of anilines is 1. The molecule has 2 rings (SSSR count). The van der Waals surface area contributed by atoms with Crippen LogP contribution in [0.15, 0.2) is 18.2 Å². The number of amides is 1. The molecule has 1 amide bonds. The zero-order valence-corrected chi connectivity index (χ0v) is 12.4. The molecule has 0 bridgehead atoms. The Labute approximate surface area is 134 Å². The van der Waals surface area contributed by atoms with Crippen molar-refractivity contribution in [1.82, 2.24) is 5.43 Å². The molecular weight excluding hydrogens is 339 g/mol. The Bertz CT molecular complexity index is 624. The fourth-order valence-electron chi connectivity index (χ4n) is 1.56. The van der Waals surface area contributed by atoms with Crippen LogP contribution in [0.25, 0.3) is 0 Å². The van der Waals surface area contributed by atoms with Gasteiger partial charge in [0.1, 0.15) is 12.7 Å². The quantitative estimate of drug-likeness (QED) is 0.408. The predicted molar refractivity (Wildman–Crippen MR) is 75.1 cm³/mol. The highest BCUT2D eigenvalue weighted by Gasteiger charge is 2.40. The highest BCUT2D eigenvalue weighted by atomic mass is 35.5. The molecule has 3 N–H and O–H groups in total. The normalized spacial score (nSPS) is 20.2. The fraction of sp³-hybridized carbons (Fsp3) is 0.250. The second-order valence-electron chi connectivity index (χ2n) is 4.23.